The average molecular weight is 728 g/mol. The van der Waals surface area contributed by atoms with Gasteiger partial charge in [-0.3, -0.25) is 4.57 Å². The van der Waals surface area contributed by atoms with E-state index in [2.05, 4.69) is 202 Å². The van der Waals surface area contributed by atoms with E-state index in [0.29, 0.717) is 5.95 Å². The van der Waals surface area contributed by atoms with Gasteiger partial charge in [0.1, 0.15) is 0 Å². The molecule has 0 aliphatic carbocycles. The minimum atomic E-state index is 0.642. The van der Waals surface area contributed by atoms with Gasteiger partial charge < -0.3 is 9.13 Å². The second-order valence-corrected chi connectivity index (χ2v) is 14.7. The lowest BCUT2D eigenvalue weighted by atomic mass is 10.00. The molecule has 4 aromatic heterocycles. The number of benzene rings is 8. The van der Waals surface area contributed by atoms with Gasteiger partial charge in [0.05, 0.1) is 38.8 Å². The molecule has 4 heterocycles. The van der Waals surface area contributed by atoms with Gasteiger partial charge in [-0.05, 0) is 90.0 Å². The summed E-state index contributed by atoms with van der Waals surface area (Å²) in [6.07, 6.45) is 1.88. The second kappa shape index (κ2) is 12.4. The molecule has 0 atom stereocenters. The third-order valence-electron chi connectivity index (χ3n) is 11.5. The molecule has 0 amide bonds. The highest BCUT2D eigenvalue weighted by Gasteiger charge is 2.18. The summed E-state index contributed by atoms with van der Waals surface area (Å²) >= 11 is 0. The van der Waals surface area contributed by atoms with E-state index >= 15 is 0 Å². The second-order valence-electron chi connectivity index (χ2n) is 14.7. The Kier molecular flexibility index (Phi) is 6.86. The highest BCUT2D eigenvalue weighted by atomic mass is 15.2. The van der Waals surface area contributed by atoms with Gasteiger partial charge in [0.25, 0.3) is 0 Å². The van der Waals surface area contributed by atoms with Gasteiger partial charge in [-0.2, -0.15) is 0 Å². The molecule has 0 spiro atoms. The zero-order valence-corrected chi connectivity index (χ0v) is 30.8. The third kappa shape index (κ3) is 4.82. The summed E-state index contributed by atoms with van der Waals surface area (Å²) < 4.78 is 6.93. The maximum Gasteiger partial charge on any atom is 0.235 e. The summed E-state index contributed by atoms with van der Waals surface area (Å²) in [4.78, 5) is 10.1. The van der Waals surface area contributed by atoms with Crippen molar-refractivity contribution in [2.24, 2.45) is 0 Å². The first kappa shape index (κ1) is 31.6. The van der Waals surface area contributed by atoms with E-state index in [1.165, 1.54) is 43.6 Å². The van der Waals surface area contributed by atoms with Crippen molar-refractivity contribution < 1.29 is 0 Å². The van der Waals surface area contributed by atoms with E-state index in [0.717, 1.165) is 55.6 Å². The van der Waals surface area contributed by atoms with Crippen molar-refractivity contribution in [1.29, 1.82) is 0 Å². The average Bonchev–Trinajstić information content (AvgIpc) is 3.92. The first-order chi connectivity index (χ1) is 28.3. The summed E-state index contributed by atoms with van der Waals surface area (Å²) in [5, 5.41) is 7.29. The molecule has 0 saturated carbocycles. The Morgan fingerprint density at radius 2 is 0.789 bits per heavy atom. The number of hydrogen-bond acceptors (Lipinski definition) is 2. The van der Waals surface area contributed by atoms with Gasteiger partial charge in [-0.1, -0.05) is 115 Å². The molecule has 0 unspecified atom stereocenters. The Hall–Kier alpha value is -7.76. The van der Waals surface area contributed by atoms with Crippen LogP contribution in [0.25, 0.3) is 105 Å². The maximum atomic E-state index is 5.25. The molecule has 266 valence electrons. The SMILES string of the molecule is c1ccc(-n2c3ccccc3c3cc(-c4cccc(-c5ccnc(-n6c7ccccc7c7cc(-n8c9ccccc9c9ccccc98)ccc76)n5)c4)ccc32)cc1. The van der Waals surface area contributed by atoms with Crippen LogP contribution in [-0.4, -0.2) is 23.7 Å². The number of para-hydroxylation sites is 5. The van der Waals surface area contributed by atoms with Crippen LogP contribution in [0, 0.1) is 0 Å². The predicted octanol–water partition coefficient (Wildman–Crippen LogP) is 13.1. The molecule has 0 fully saturated rings. The summed E-state index contributed by atoms with van der Waals surface area (Å²) in [7, 11) is 0. The maximum absolute atomic E-state index is 5.25. The zero-order chi connectivity index (χ0) is 37.5. The van der Waals surface area contributed by atoms with Crippen LogP contribution in [0.5, 0.6) is 0 Å². The van der Waals surface area contributed by atoms with Crippen LogP contribution >= 0.6 is 0 Å². The molecule has 0 aliphatic rings. The molecular formula is C52H33N5. The first-order valence-electron chi connectivity index (χ1n) is 19.3. The molecule has 12 aromatic rings. The van der Waals surface area contributed by atoms with Crippen molar-refractivity contribution in [2.75, 3.05) is 0 Å². The van der Waals surface area contributed by atoms with Crippen molar-refractivity contribution >= 4 is 65.4 Å². The quantitative estimate of drug-likeness (QED) is 0.177. The lowest BCUT2D eigenvalue weighted by Crippen LogP contribution is -2.02. The highest BCUT2D eigenvalue weighted by molar-refractivity contribution is 6.13. The molecule has 0 bridgehead atoms. The normalized spacial score (nSPS) is 11.9. The molecular weight excluding hydrogens is 695 g/mol. The lowest BCUT2D eigenvalue weighted by Gasteiger charge is -2.11. The molecule has 12 rings (SSSR count). The van der Waals surface area contributed by atoms with Crippen LogP contribution in [0.2, 0.25) is 0 Å². The van der Waals surface area contributed by atoms with Crippen molar-refractivity contribution in [3.63, 3.8) is 0 Å². The number of rotatable bonds is 5. The lowest BCUT2D eigenvalue weighted by molar-refractivity contribution is 0.992. The Morgan fingerprint density at radius 3 is 1.47 bits per heavy atom. The number of hydrogen-bond donors (Lipinski definition) is 0. The minimum Gasteiger partial charge on any atom is -0.309 e. The van der Waals surface area contributed by atoms with Gasteiger partial charge >= 0.3 is 0 Å². The molecule has 57 heavy (non-hydrogen) atoms. The summed E-state index contributed by atoms with van der Waals surface area (Å²) in [6.45, 7) is 0. The first-order valence-corrected chi connectivity index (χ1v) is 19.3. The molecule has 5 nitrogen and oxygen atoms in total. The van der Waals surface area contributed by atoms with Crippen molar-refractivity contribution in [3.8, 4) is 39.7 Å². The number of aromatic nitrogens is 5. The molecule has 8 aromatic carbocycles. The number of nitrogens with zero attached hydrogens (tertiary/aromatic N) is 5. The van der Waals surface area contributed by atoms with Crippen molar-refractivity contribution in [3.05, 3.63) is 200 Å². The van der Waals surface area contributed by atoms with E-state index in [9.17, 15) is 0 Å². The van der Waals surface area contributed by atoms with Gasteiger partial charge in [-0.15, -0.1) is 0 Å². The molecule has 0 radical (unpaired) electrons. The Morgan fingerprint density at radius 1 is 0.298 bits per heavy atom. The minimum absolute atomic E-state index is 0.642. The molecule has 0 N–H and O–H groups in total. The third-order valence-corrected chi connectivity index (χ3v) is 11.5. The van der Waals surface area contributed by atoms with Gasteiger partial charge in [-0.25, -0.2) is 9.97 Å². The van der Waals surface area contributed by atoms with E-state index in [1.807, 2.05) is 12.3 Å². The molecule has 0 saturated heterocycles. The summed E-state index contributed by atoms with van der Waals surface area (Å²) in [6, 6.07) is 69.4. The standard InChI is InChI=1S/C52H33N5/c1-2-15-37(16-3-1)55-48-23-10-6-19-41(48)43-32-35(25-27-50(43)55)34-13-12-14-36(31-34)45-29-30-53-52(54-45)57-49-24-11-7-20-42(49)44-33-38(26-28-51(44)57)56-46-21-8-4-17-39(46)40-18-5-9-22-47(40)56/h1-33H. The van der Waals surface area contributed by atoms with Crippen LogP contribution in [0.3, 0.4) is 0 Å². The van der Waals surface area contributed by atoms with E-state index in [1.54, 1.807) is 0 Å². The van der Waals surface area contributed by atoms with E-state index in [-0.39, 0.29) is 0 Å². The van der Waals surface area contributed by atoms with Crippen molar-refractivity contribution in [1.82, 2.24) is 23.7 Å². The number of fused-ring (bicyclic) bond motifs is 9. The summed E-state index contributed by atoms with van der Waals surface area (Å²) in [5.41, 5.74) is 13.4. The largest absolute Gasteiger partial charge is 0.309 e. The Labute approximate surface area is 328 Å². The molecule has 0 aliphatic heterocycles. The van der Waals surface area contributed by atoms with Gasteiger partial charge in [0, 0.05) is 55.5 Å². The fourth-order valence-electron chi connectivity index (χ4n) is 9.00. The van der Waals surface area contributed by atoms with Crippen LogP contribution in [-0.2, 0) is 0 Å². The van der Waals surface area contributed by atoms with Crippen LogP contribution < -0.4 is 0 Å². The Bertz CT molecular complexity index is 3480. The zero-order valence-electron chi connectivity index (χ0n) is 30.8. The highest BCUT2D eigenvalue weighted by Crippen LogP contribution is 2.38. The van der Waals surface area contributed by atoms with Crippen LogP contribution in [0.4, 0.5) is 0 Å². The fourth-order valence-corrected chi connectivity index (χ4v) is 9.00. The fraction of sp³-hybridized carbons (Fsp3) is 0. The van der Waals surface area contributed by atoms with E-state index < -0.39 is 0 Å². The van der Waals surface area contributed by atoms with Crippen LogP contribution in [0.15, 0.2) is 200 Å². The van der Waals surface area contributed by atoms with Crippen molar-refractivity contribution in [2.45, 2.75) is 0 Å². The predicted molar refractivity (Wildman–Crippen MR) is 236 cm³/mol. The topological polar surface area (TPSA) is 40.6 Å². The Balaban J connectivity index is 0.969. The van der Waals surface area contributed by atoms with Gasteiger partial charge in [0.15, 0.2) is 0 Å². The monoisotopic (exact) mass is 727 g/mol. The van der Waals surface area contributed by atoms with Crippen LogP contribution in [0.1, 0.15) is 0 Å². The van der Waals surface area contributed by atoms with E-state index in [4.69, 9.17) is 9.97 Å². The molecule has 5 heteroatoms. The summed E-state index contributed by atoms with van der Waals surface area (Å²) in [5.74, 6) is 0.642. The smallest absolute Gasteiger partial charge is 0.235 e. The van der Waals surface area contributed by atoms with Gasteiger partial charge in [0.2, 0.25) is 5.95 Å².